The number of phenols is 2. The molecule has 2 unspecified atom stereocenters. The van der Waals surface area contributed by atoms with E-state index in [9.17, 15) is 10.2 Å². The first-order valence-electron chi connectivity index (χ1n) is 14.0. The van der Waals surface area contributed by atoms with Crippen molar-refractivity contribution in [3.63, 3.8) is 0 Å². The Labute approximate surface area is 245 Å². The Bertz CT molecular complexity index is 1490. The van der Waals surface area contributed by atoms with E-state index in [0.29, 0.717) is 5.75 Å². The number of phenolic OH excluding ortho intramolecular Hbond substituents is 2. The van der Waals surface area contributed by atoms with E-state index in [1.54, 1.807) is 24.3 Å². The Morgan fingerprint density at radius 2 is 1.00 bits per heavy atom. The van der Waals surface area contributed by atoms with Crippen molar-refractivity contribution < 1.29 is 19.7 Å². The summed E-state index contributed by atoms with van der Waals surface area (Å²) < 4.78 is 12.4. The Morgan fingerprint density at radius 1 is 0.537 bits per heavy atom. The van der Waals surface area contributed by atoms with E-state index in [1.807, 2.05) is 48.5 Å². The predicted molar refractivity (Wildman–Crippen MR) is 167 cm³/mol. The fourth-order valence-electron chi connectivity index (χ4n) is 6.69. The number of fused-ring (bicyclic) bond motifs is 2. The summed E-state index contributed by atoms with van der Waals surface area (Å²) in [6.07, 6.45) is 1.81. The lowest BCUT2D eigenvalue weighted by molar-refractivity contribution is 0.0324. The van der Waals surface area contributed by atoms with Gasteiger partial charge in [-0.1, -0.05) is 88.9 Å². The third-order valence-corrected chi connectivity index (χ3v) is 8.36. The van der Waals surface area contributed by atoms with Crippen molar-refractivity contribution in [3.8, 4) is 23.0 Å². The van der Waals surface area contributed by atoms with Crippen LogP contribution < -0.4 is 9.47 Å². The van der Waals surface area contributed by atoms with Crippen molar-refractivity contribution in [3.05, 3.63) is 119 Å². The van der Waals surface area contributed by atoms with E-state index in [0.717, 1.165) is 29.9 Å². The second kappa shape index (κ2) is 10.8. The van der Waals surface area contributed by atoms with Gasteiger partial charge in [0.2, 0.25) is 0 Å². The zero-order valence-electron chi connectivity index (χ0n) is 24.4. The Balaban J connectivity index is 0.000000184. The van der Waals surface area contributed by atoms with Gasteiger partial charge in [-0.2, -0.15) is 0 Å². The van der Waals surface area contributed by atoms with E-state index in [4.69, 9.17) is 9.47 Å². The van der Waals surface area contributed by atoms with Crippen LogP contribution in [0.25, 0.3) is 0 Å². The molecule has 2 N–H and O–H groups in total. The van der Waals surface area contributed by atoms with Gasteiger partial charge < -0.3 is 19.7 Å². The molecule has 4 aromatic rings. The van der Waals surface area contributed by atoms with Crippen LogP contribution in [0.5, 0.6) is 23.0 Å². The minimum absolute atomic E-state index is 0. The summed E-state index contributed by atoms with van der Waals surface area (Å²) in [5, 5.41) is 19.0. The van der Waals surface area contributed by atoms with Crippen LogP contribution in [0, 0.1) is 0 Å². The van der Waals surface area contributed by atoms with Crippen LogP contribution in [0.4, 0.5) is 0 Å². The number of benzene rings is 4. The van der Waals surface area contributed by atoms with E-state index in [-0.39, 0.29) is 35.2 Å². The molecule has 2 atom stereocenters. The normalized spacial score (nSPS) is 23.2. The van der Waals surface area contributed by atoms with Gasteiger partial charge in [-0.05, 0) is 79.3 Å². The van der Waals surface area contributed by atoms with Crippen LogP contribution in [0.3, 0.4) is 0 Å². The highest BCUT2D eigenvalue weighted by Crippen LogP contribution is 2.49. The zero-order chi connectivity index (χ0) is 28.8. The molecule has 0 aromatic heterocycles. The summed E-state index contributed by atoms with van der Waals surface area (Å²) in [5.74, 6) is 2.50. The van der Waals surface area contributed by atoms with Crippen LogP contribution in [-0.2, 0) is 16.4 Å². The first-order chi connectivity index (χ1) is 18.8. The van der Waals surface area contributed by atoms with Gasteiger partial charge in [0.25, 0.3) is 0 Å². The minimum atomic E-state index is -0.369. The third-order valence-electron chi connectivity index (χ3n) is 8.36. The van der Waals surface area contributed by atoms with E-state index >= 15 is 0 Å². The summed E-state index contributed by atoms with van der Waals surface area (Å²) in [6, 6.07) is 31.3. The van der Waals surface area contributed by atoms with Crippen molar-refractivity contribution >= 4 is 0 Å². The van der Waals surface area contributed by atoms with Crippen LogP contribution in [0.1, 0.15) is 84.1 Å². The van der Waals surface area contributed by atoms with Crippen molar-refractivity contribution in [2.45, 2.75) is 83.8 Å². The fraction of sp³-hybridized carbons (Fsp3) is 0.351. The van der Waals surface area contributed by atoms with E-state index in [2.05, 4.69) is 65.8 Å². The van der Waals surface area contributed by atoms with Gasteiger partial charge >= 0.3 is 0 Å². The second-order valence-corrected chi connectivity index (χ2v) is 12.9. The molecule has 0 amide bonds. The summed E-state index contributed by atoms with van der Waals surface area (Å²) >= 11 is 0. The maximum atomic E-state index is 9.51. The highest BCUT2D eigenvalue weighted by Gasteiger charge is 2.44. The molecule has 2 aliphatic heterocycles. The third kappa shape index (κ3) is 5.93. The summed E-state index contributed by atoms with van der Waals surface area (Å²) in [7, 11) is 0. The molecule has 216 valence electrons. The summed E-state index contributed by atoms with van der Waals surface area (Å²) in [4.78, 5) is 0. The number of aromatic hydroxyl groups is 2. The molecule has 0 radical (unpaired) electrons. The largest absolute Gasteiger partial charge is 0.508 e. The maximum absolute atomic E-state index is 9.51. The van der Waals surface area contributed by atoms with Gasteiger partial charge in [0.15, 0.2) is 0 Å². The average Bonchev–Trinajstić information content (AvgIpc) is 2.88. The zero-order valence-corrected chi connectivity index (χ0v) is 24.4. The van der Waals surface area contributed by atoms with Crippen molar-refractivity contribution in [1.82, 2.24) is 0 Å². The number of hydrogen-bond acceptors (Lipinski definition) is 4. The first kappa shape index (κ1) is 30.0. The highest BCUT2D eigenvalue weighted by molar-refractivity contribution is 5.50. The SMILES string of the molecule is C.CC1(C)CC(C)(c2ccc(O)cc2)Oc2ccccc21.CC1(C)CC(C)(c2ccc(O)cc2)c2ccccc2O1. The molecule has 2 heterocycles. The standard InChI is InChI=1S/2C18H20O2.CH4/c1-17(2)12-18(3,13-8-10-14(19)11-9-13)15-6-4-5-7-16(15)20-17;1-17(2)12-18(3,13-8-10-14(19)11-9-13)20-16-7-5-4-6-15(16)17;/h2*4-11,19H,12H2,1-3H3;1H4. The molecule has 0 saturated carbocycles. The monoisotopic (exact) mass is 552 g/mol. The van der Waals surface area contributed by atoms with Crippen LogP contribution in [-0.4, -0.2) is 15.8 Å². The molecule has 6 rings (SSSR count). The molecule has 41 heavy (non-hydrogen) atoms. The van der Waals surface area contributed by atoms with E-state index in [1.165, 1.54) is 16.7 Å². The number of rotatable bonds is 2. The molecule has 0 spiro atoms. The summed E-state index contributed by atoms with van der Waals surface area (Å²) in [5.41, 5.74) is 4.15. The number of para-hydroxylation sites is 2. The van der Waals surface area contributed by atoms with Crippen LogP contribution >= 0.6 is 0 Å². The Morgan fingerprint density at radius 3 is 1.56 bits per heavy atom. The van der Waals surface area contributed by atoms with Gasteiger partial charge in [0, 0.05) is 23.8 Å². The number of ether oxygens (including phenoxy) is 2. The molecule has 0 bridgehead atoms. The molecule has 0 saturated heterocycles. The van der Waals surface area contributed by atoms with Crippen molar-refractivity contribution in [2.24, 2.45) is 0 Å². The molecule has 4 nitrogen and oxygen atoms in total. The summed E-state index contributed by atoms with van der Waals surface area (Å²) in [6.45, 7) is 13.1. The maximum Gasteiger partial charge on any atom is 0.132 e. The van der Waals surface area contributed by atoms with Gasteiger partial charge in [0.05, 0.1) is 0 Å². The second-order valence-electron chi connectivity index (χ2n) is 12.9. The average molecular weight is 553 g/mol. The number of hydrogen-bond donors (Lipinski definition) is 2. The lowest BCUT2D eigenvalue weighted by Gasteiger charge is -2.44. The molecular formula is C37H44O4. The van der Waals surface area contributed by atoms with E-state index < -0.39 is 0 Å². The lowest BCUT2D eigenvalue weighted by atomic mass is 9.68. The predicted octanol–water partition coefficient (Wildman–Crippen LogP) is 9.26. The van der Waals surface area contributed by atoms with Gasteiger partial charge in [0.1, 0.15) is 34.2 Å². The fourth-order valence-corrected chi connectivity index (χ4v) is 6.69. The Hall–Kier alpha value is -3.92. The molecule has 4 heteroatoms. The molecule has 4 aromatic carbocycles. The first-order valence-corrected chi connectivity index (χ1v) is 14.0. The minimum Gasteiger partial charge on any atom is -0.508 e. The molecule has 2 aliphatic rings. The van der Waals surface area contributed by atoms with Crippen LogP contribution in [0.2, 0.25) is 0 Å². The highest BCUT2D eigenvalue weighted by atomic mass is 16.5. The topological polar surface area (TPSA) is 58.9 Å². The lowest BCUT2D eigenvalue weighted by Crippen LogP contribution is -2.43. The van der Waals surface area contributed by atoms with Crippen LogP contribution in [0.15, 0.2) is 97.1 Å². The van der Waals surface area contributed by atoms with Gasteiger partial charge in [-0.25, -0.2) is 0 Å². The van der Waals surface area contributed by atoms with Gasteiger partial charge in [-0.15, -0.1) is 0 Å². The molecular weight excluding hydrogens is 508 g/mol. The molecule has 0 fully saturated rings. The smallest absolute Gasteiger partial charge is 0.132 e. The van der Waals surface area contributed by atoms with Crippen molar-refractivity contribution in [1.29, 1.82) is 0 Å². The quantitative estimate of drug-likeness (QED) is 0.260. The Kier molecular flexibility index (Phi) is 7.92. The van der Waals surface area contributed by atoms with Gasteiger partial charge in [-0.3, -0.25) is 0 Å². The molecule has 0 aliphatic carbocycles. The van der Waals surface area contributed by atoms with Crippen molar-refractivity contribution in [2.75, 3.05) is 0 Å².